The molecule has 1 atom stereocenters. The maximum atomic E-state index is 14.1. The van der Waals surface area contributed by atoms with E-state index in [-0.39, 0.29) is 17.6 Å². The van der Waals surface area contributed by atoms with E-state index in [1.807, 2.05) is 39.0 Å². The highest BCUT2D eigenvalue weighted by atomic mass is 19.1. The molecule has 1 heterocycles. The van der Waals surface area contributed by atoms with Gasteiger partial charge in [0.1, 0.15) is 5.75 Å². The molecule has 1 aromatic carbocycles. The number of nitrogens with two attached hydrogens (primary N) is 1. The van der Waals surface area contributed by atoms with Crippen LogP contribution in [0, 0.1) is 12.7 Å². The zero-order valence-electron chi connectivity index (χ0n) is 12.7. The van der Waals surface area contributed by atoms with Crippen LogP contribution in [0.2, 0.25) is 0 Å². The van der Waals surface area contributed by atoms with Crippen molar-refractivity contribution in [3.8, 4) is 11.5 Å². The van der Waals surface area contributed by atoms with Crippen molar-refractivity contribution in [1.29, 1.82) is 0 Å². The summed E-state index contributed by atoms with van der Waals surface area (Å²) >= 11 is 0. The summed E-state index contributed by atoms with van der Waals surface area (Å²) in [5.41, 5.74) is 8.34. The van der Waals surface area contributed by atoms with E-state index in [1.165, 1.54) is 6.07 Å². The number of benzene rings is 1. The SMILES string of the molecule is CCc1nc(C)ccc1Oc1c(F)cccc1CC(C)N. The Labute approximate surface area is 125 Å². The third-order valence-corrected chi connectivity index (χ3v) is 3.21. The molecule has 0 aliphatic carbocycles. The van der Waals surface area contributed by atoms with Gasteiger partial charge in [0.25, 0.3) is 0 Å². The Hall–Kier alpha value is -1.94. The van der Waals surface area contributed by atoms with Gasteiger partial charge in [-0.25, -0.2) is 4.39 Å². The molecule has 112 valence electrons. The minimum absolute atomic E-state index is 0.0593. The minimum Gasteiger partial charge on any atom is -0.452 e. The quantitative estimate of drug-likeness (QED) is 0.911. The van der Waals surface area contributed by atoms with Crippen molar-refractivity contribution in [2.45, 2.75) is 39.7 Å². The number of hydrogen-bond acceptors (Lipinski definition) is 3. The molecule has 0 saturated carbocycles. The molecule has 0 fully saturated rings. The maximum Gasteiger partial charge on any atom is 0.166 e. The summed E-state index contributed by atoms with van der Waals surface area (Å²) < 4.78 is 19.9. The maximum absolute atomic E-state index is 14.1. The van der Waals surface area contributed by atoms with Crippen LogP contribution < -0.4 is 10.5 Å². The Balaban J connectivity index is 2.39. The number of ether oxygens (including phenoxy) is 1. The van der Waals surface area contributed by atoms with Crippen molar-refractivity contribution in [2.75, 3.05) is 0 Å². The summed E-state index contributed by atoms with van der Waals surface area (Å²) in [7, 11) is 0. The van der Waals surface area contributed by atoms with Crippen LogP contribution in [-0.2, 0) is 12.8 Å². The Morgan fingerprint density at radius 3 is 2.71 bits per heavy atom. The lowest BCUT2D eigenvalue weighted by molar-refractivity contribution is 0.428. The van der Waals surface area contributed by atoms with E-state index in [2.05, 4.69) is 4.98 Å². The van der Waals surface area contributed by atoms with E-state index in [1.54, 1.807) is 6.07 Å². The highest BCUT2D eigenvalue weighted by molar-refractivity contribution is 5.41. The first-order valence-corrected chi connectivity index (χ1v) is 7.18. The number of rotatable bonds is 5. The highest BCUT2D eigenvalue weighted by Crippen LogP contribution is 2.31. The summed E-state index contributed by atoms with van der Waals surface area (Å²) in [6.45, 7) is 5.81. The van der Waals surface area contributed by atoms with Gasteiger partial charge in [0, 0.05) is 11.7 Å². The molecule has 0 spiro atoms. The zero-order chi connectivity index (χ0) is 15.4. The second-order valence-electron chi connectivity index (χ2n) is 5.26. The third-order valence-electron chi connectivity index (χ3n) is 3.21. The minimum atomic E-state index is -0.379. The van der Waals surface area contributed by atoms with Gasteiger partial charge in [-0.3, -0.25) is 4.98 Å². The molecule has 4 heteroatoms. The first-order chi connectivity index (χ1) is 10.0. The van der Waals surface area contributed by atoms with Crippen molar-refractivity contribution in [2.24, 2.45) is 5.73 Å². The van der Waals surface area contributed by atoms with Crippen molar-refractivity contribution >= 4 is 0 Å². The van der Waals surface area contributed by atoms with E-state index in [0.29, 0.717) is 12.2 Å². The van der Waals surface area contributed by atoms with Crippen LogP contribution in [0.3, 0.4) is 0 Å². The van der Waals surface area contributed by atoms with E-state index in [4.69, 9.17) is 10.5 Å². The molecule has 0 amide bonds. The lowest BCUT2D eigenvalue weighted by atomic mass is 10.1. The first kappa shape index (κ1) is 15.4. The van der Waals surface area contributed by atoms with Crippen LogP contribution in [0.4, 0.5) is 4.39 Å². The molecular weight excluding hydrogens is 267 g/mol. The van der Waals surface area contributed by atoms with Crippen LogP contribution in [0.1, 0.15) is 30.8 Å². The number of aryl methyl sites for hydroxylation is 2. The molecule has 2 N–H and O–H groups in total. The van der Waals surface area contributed by atoms with Gasteiger partial charge in [0.05, 0.1) is 5.69 Å². The fraction of sp³-hybridized carbons (Fsp3) is 0.353. The molecule has 2 rings (SSSR count). The fourth-order valence-electron chi connectivity index (χ4n) is 2.23. The molecular formula is C17H21FN2O. The molecule has 0 radical (unpaired) electrons. The Morgan fingerprint density at radius 1 is 1.29 bits per heavy atom. The molecule has 3 nitrogen and oxygen atoms in total. The molecule has 0 aliphatic heterocycles. The number of nitrogens with zero attached hydrogens (tertiary/aromatic N) is 1. The van der Waals surface area contributed by atoms with Crippen molar-refractivity contribution in [1.82, 2.24) is 4.98 Å². The standard InChI is InChI=1S/C17H21FN2O/c1-4-15-16(9-8-12(3)20-15)21-17-13(10-11(2)19)6-5-7-14(17)18/h5-9,11H,4,10,19H2,1-3H3. The molecule has 0 saturated heterocycles. The smallest absolute Gasteiger partial charge is 0.166 e. The predicted octanol–water partition coefficient (Wildman–Crippen LogP) is 3.77. The van der Waals surface area contributed by atoms with Gasteiger partial charge in [0.2, 0.25) is 0 Å². The van der Waals surface area contributed by atoms with Crippen LogP contribution in [-0.4, -0.2) is 11.0 Å². The van der Waals surface area contributed by atoms with Gasteiger partial charge >= 0.3 is 0 Å². The molecule has 1 aromatic heterocycles. The lowest BCUT2D eigenvalue weighted by Gasteiger charge is -2.15. The zero-order valence-corrected chi connectivity index (χ0v) is 12.7. The Kier molecular flexibility index (Phi) is 4.91. The highest BCUT2D eigenvalue weighted by Gasteiger charge is 2.14. The molecule has 0 bridgehead atoms. The normalized spacial score (nSPS) is 12.2. The average Bonchev–Trinajstić information content (AvgIpc) is 2.43. The number of aromatic nitrogens is 1. The average molecular weight is 288 g/mol. The number of para-hydroxylation sites is 1. The van der Waals surface area contributed by atoms with E-state index in [9.17, 15) is 4.39 Å². The summed E-state index contributed by atoms with van der Waals surface area (Å²) in [5, 5.41) is 0. The van der Waals surface area contributed by atoms with Gasteiger partial charge < -0.3 is 10.5 Å². The van der Waals surface area contributed by atoms with Gasteiger partial charge in [-0.1, -0.05) is 19.1 Å². The van der Waals surface area contributed by atoms with Crippen LogP contribution >= 0.6 is 0 Å². The number of halogens is 1. The Bertz CT molecular complexity index is 626. The molecule has 1 unspecified atom stereocenters. The van der Waals surface area contributed by atoms with Crippen LogP contribution in [0.15, 0.2) is 30.3 Å². The monoisotopic (exact) mass is 288 g/mol. The Morgan fingerprint density at radius 2 is 2.05 bits per heavy atom. The van der Waals surface area contributed by atoms with E-state index >= 15 is 0 Å². The van der Waals surface area contributed by atoms with Crippen LogP contribution in [0.25, 0.3) is 0 Å². The molecule has 0 aliphatic rings. The van der Waals surface area contributed by atoms with Gasteiger partial charge in [-0.15, -0.1) is 0 Å². The van der Waals surface area contributed by atoms with E-state index < -0.39 is 0 Å². The molecule has 21 heavy (non-hydrogen) atoms. The summed E-state index contributed by atoms with van der Waals surface area (Å²) in [5.74, 6) is 0.463. The topological polar surface area (TPSA) is 48.1 Å². The number of hydrogen-bond donors (Lipinski definition) is 1. The molecule has 2 aromatic rings. The van der Waals surface area contributed by atoms with Crippen LogP contribution in [0.5, 0.6) is 11.5 Å². The van der Waals surface area contributed by atoms with Crippen molar-refractivity contribution in [3.63, 3.8) is 0 Å². The predicted molar refractivity (Wildman–Crippen MR) is 82.2 cm³/mol. The second kappa shape index (κ2) is 6.68. The summed E-state index contributed by atoms with van der Waals surface area (Å²) in [6, 6.07) is 8.55. The first-order valence-electron chi connectivity index (χ1n) is 7.18. The summed E-state index contributed by atoms with van der Waals surface area (Å²) in [6.07, 6.45) is 1.29. The number of pyridine rings is 1. The second-order valence-corrected chi connectivity index (χ2v) is 5.26. The van der Waals surface area contributed by atoms with Crippen molar-refractivity contribution in [3.05, 3.63) is 53.1 Å². The van der Waals surface area contributed by atoms with Gasteiger partial charge in [-0.05, 0) is 50.5 Å². The fourth-order valence-corrected chi connectivity index (χ4v) is 2.23. The lowest BCUT2D eigenvalue weighted by Crippen LogP contribution is -2.18. The summed E-state index contributed by atoms with van der Waals surface area (Å²) in [4.78, 5) is 4.44. The van der Waals surface area contributed by atoms with Gasteiger partial charge in [-0.2, -0.15) is 0 Å². The largest absolute Gasteiger partial charge is 0.452 e. The van der Waals surface area contributed by atoms with E-state index in [0.717, 1.165) is 23.4 Å². The van der Waals surface area contributed by atoms with Crippen molar-refractivity contribution < 1.29 is 9.13 Å². The third kappa shape index (κ3) is 3.79. The van der Waals surface area contributed by atoms with Gasteiger partial charge in [0.15, 0.2) is 11.6 Å².